The van der Waals surface area contributed by atoms with Crippen molar-refractivity contribution >= 4 is 16.7 Å². The van der Waals surface area contributed by atoms with Crippen LogP contribution in [0.3, 0.4) is 0 Å². The molecule has 4 saturated heterocycles. The molecule has 11 rings (SSSR count). The molecule has 32 nitrogen and oxygen atoms in total. The molecule has 19 atom stereocenters. The topological polar surface area (TPSA) is 469 Å². The number of rotatable bonds is 26. The number of nitrogens with zero attached hydrogens (tertiary/aromatic N) is 12. The molecule has 0 radical (unpaired) electrons. The average Bonchev–Trinajstić information content (AvgIpc) is 2.27. The number of aliphatic hydroxyl groups is 6. The Kier molecular flexibility index (Phi) is 21.2. The fraction of sp³-hybridized carbons (Fsp3) is 0.667. The summed E-state index contributed by atoms with van der Waals surface area (Å²) in [5, 5.41) is 92.0. The van der Waals surface area contributed by atoms with E-state index in [0.29, 0.717) is 25.1 Å². The minimum Gasteiger partial charge on any atom is -0.487 e. The minimum absolute atomic E-state index is 0.0398. The molecule has 1 aliphatic carbocycles. The van der Waals surface area contributed by atoms with Gasteiger partial charge in [0.15, 0.2) is 18.9 Å². The number of ether oxygens (including phenoxy) is 7. The van der Waals surface area contributed by atoms with E-state index in [1.165, 1.54) is 10.4 Å². The maximum atomic E-state index is 12.0. The Labute approximate surface area is 513 Å². The van der Waals surface area contributed by atoms with Gasteiger partial charge in [-0.3, -0.25) is 9.36 Å². The molecule has 32 heteroatoms. The molecule has 0 spiro atoms. The Morgan fingerprint density at radius 3 is 1.76 bits per heavy atom. The van der Waals surface area contributed by atoms with Gasteiger partial charge in [0.2, 0.25) is 0 Å². The molecular weight excluding hydrogens is 1160 g/mol. The summed E-state index contributed by atoms with van der Waals surface area (Å²) in [7, 11) is 2.16. The number of benzene rings is 2. The van der Waals surface area contributed by atoms with Gasteiger partial charge in [-0.05, 0) is 101 Å². The number of aryl methyl sites for hydroxylation is 4. The maximum Gasteiger partial charge on any atom is 0.187 e. The number of nitrogens with one attached hydrogen (secondary N) is 1. The summed E-state index contributed by atoms with van der Waals surface area (Å²) >= 11 is 0. The Morgan fingerprint density at radius 2 is 1.13 bits per heavy atom. The maximum absolute atomic E-state index is 12.0. The van der Waals surface area contributed by atoms with E-state index in [9.17, 15) is 30.6 Å². The van der Waals surface area contributed by atoms with Crippen molar-refractivity contribution < 1.29 is 63.8 Å². The molecule has 8 heterocycles. The molecule has 5 fully saturated rings. The Hall–Kier alpha value is -5.83. The fourth-order valence-electron chi connectivity index (χ4n) is 12.1. The number of piperazine rings is 1. The van der Waals surface area contributed by atoms with E-state index in [-0.39, 0.29) is 26.1 Å². The molecule has 2 aromatic carbocycles. The summed E-state index contributed by atoms with van der Waals surface area (Å²) < 4.78 is 48.1. The number of imidazole rings is 1. The second kappa shape index (κ2) is 29.2. The predicted octanol–water partition coefficient (Wildman–Crippen LogP) is -4.10. The van der Waals surface area contributed by atoms with E-state index in [1.807, 2.05) is 46.0 Å². The van der Waals surface area contributed by atoms with Crippen LogP contribution in [0.25, 0.3) is 22.4 Å². The van der Waals surface area contributed by atoms with Crippen LogP contribution < -0.4 is 44.0 Å². The first kappa shape index (κ1) is 64.7. The highest BCUT2D eigenvalue weighted by molar-refractivity contribution is 5.83. The number of aliphatic hydroxyl groups excluding tert-OH is 6. The van der Waals surface area contributed by atoms with Crippen LogP contribution in [-0.2, 0) is 67.5 Å². The van der Waals surface area contributed by atoms with Crippen molar-refractivity contribution in [3.63, 3.8) is 0 Å². The van der Waals surface area contributed by atoms with Gasteiger partial charge in [0.05, 0.1) is 53.4 Å². The highest BCUT2D eigenvalue weighted by Crippen LogP contribution is 2.36. The van der Waals surface area contributed by atoms with Gasteiger partial charge in [0, 0.05) is 88.1 Å². The zero-order valence-corrected chi connectivity index (χ0v) is 49.8. The molecular formula is C57H87N19O13. The summed E-state index contributed by atoms with van der Waals surface area (Å²) in [5.41, 5.74) is 43.5. The van der Waals surface area contributed by atoms with Crippen LogP contribution in [0, 0.1) is 0 Å². The van der Waals surface area contributed by atoms with Gasteiger partial charge in [-0.1, -0.05) is 15.6 Å². The van der Waals surface area contributed by atoms with Crippen molar-refractivity contribution in [1.82, 2.24) is 59.8 Å². The van der Waals surface area contributed by atoms with Gasteiger partial charge in [-0.15, -0.1) is 15.3 Å². The molecule has 5 aliphatic rings. The number of fused-ring (bicyclic) bond motifs is 1. The van der Waals surface area contributed by atoms with E-state index in [0.717, 1.165) is 111 Å². The summed E-state index contributed by atoms with van der Waals surface area (Å²) in [6.45, 7) is 5.51. The summed E-state index contributed by atoms with van der Waals surface area (Å²) in [6.07, 6.45) is -8.68. The van der Waals surface area contributed by atoms with Crippen LogP contribution in [-0.4, -0.2) is 253 Å². The molecule has 19 N–H and O–H groups in total. The Morgan fingerprint density at radius 1 is 0.573 bits per heavy atom. The largest absolute Gasteiger partial charge is 0.487 e. The number of nitrogens with two attached hydrogens (primary N) is 6. The van der Waals surface area contributed by atoms with Crippen LogP contribution in [0.2, 0.25) is 0 Å². The van der Waals surface area contributed by atoms with Crippen molar-refractivity contribution in [2.24, 2.45) is 34.4 Å². The number of H-pyrrole nitrogens is 1. The number of anilines is 1. The number of likely N-dealkylation sites (N-methyl/N-ethyl adjacent to an activating group) is 1. The summed E-state index contributed by atoms with van der Waals surface area (Å²) in [4.78, 5) is 13.1. The normalized spacial score (nSPS) is 33.0. The van der Waals surface area contributed by atoms with Crippen molar-refractivity contribution in [2.75, 3.05) is 51.2 Å². The molecule has 89 heavy (non-hydrogen) atoms. The summed E-state index contributed by atoms with van der Waals surface area (Å²) in [6, 6.07) is 10.0. The van der Waals surface area contributed by atoms with Gasteiger partial charge in [0.1, 0.15) is 91.0 Å². The van der Waals surface area contributed by atoms with Gasteiger partial charge in [0.25, 0.3) is 0 Å². The molecule has 6 aromatic rings. The molecule has 0 bridgehead atoms. The van der Waals surface area contributed by atoms with Gasteiger partial charge < -0.3 is 113 Å². The zero-order valence-electron chi connectivity index (χ0n) is 49.8. The van der Waals surface area contributed by atoms with Crippen LogP contribution >= 0.6 is 0 Å². The van der Waals surface area contributed by atoms with Crippen LogP contribution in [0.5, 0.6) is 5.75 Å². The van der Waals surface area contributed by atoms with Crippen molar-refractivity contribution in [3.05, 3.63) is 78.1 Å². The second-order valence-corrected chi connectivity index (χ2v) is 24.1. The lowest BCUT2D eigenvalue weighted by Gasteiger charge is -2.47. The lowest BCUT2D eigenvalue weighted by molar-refractivity contribution is -0.306. The lowest BCUT2D eigenvalue weighted by Crippen LogP contribution is -2.68. The third-order valence-corrected chi connectivity index (χ3v) is 17.6. The molecule has 11 unspecified atom stereocenters. The minimum atomic E-state index is -1.62. The Bertz CT molecular complexity index is 3160. The SMILES string of the molecule is CN1CCN(c2ccc3nc(-c4ccc(OCc5cn(CCCCCn6cc(CCCCc7cn(CC8OC(O[C@@H]9[C@H](O)C(N)CC(N)[C@H]9OC9OC(CN)C(O)[C@@H](O)[C@@H]9N)[C@@H](O)[C@H]8OC8O[C@@H](CN)C(O)C(O)C8N)nn7)nn6)nn5)cc4)[nH]c3c2)CC1. The molecule has 4 aromatic heterocycles. The van der Waals surface area contributed by atoms with E-state index in [4.69, 9.17) is 72.5 Å². The highest BCUT2D eigenvalue weighted by atomic mass is 16.8. The number of aromatic amines is 1. The quantitative estimate of drug-likeness (QED) is 0.0230. The smallest absolute Gasteiger partial charge is 0.187 e. The van der Waals surface area contributed by atoms with E-state index in [2.05, 4.69) is 71.0 Å². The van der Waals surface area contributed by atoms with E-state index < -0.39 is 116 Å². The molecule has 0 amide bonds. The number of unbranched alkanes of at least 4 members (excludes halogenated alkanes) is 3. The van der Waals surface area contributed by atoms with Crippen molar-refractivity contribution in [3.8, 4) is 17.1 Å². The molecule has 4 aliphatic heterocycles. The van der Waals surface area contributed by atoms with Crippen LogP contribution in [0.4, 0.5) is 5.69 Å². The number of aromatic nitrogens is 11. The number of hydrogen-bond acceptors (Lipinski definition) is 28. The van der Waals surface area contributed by atoms with Crippen molar-refractivity contribution in [1.29, 1.82) is 0 Å². The van der Waals surface area contributed by atoms with Crippen molar-refractivity contribution in [2.45, 2.75) is 194 Å². The van der Waals surface area contributed by atoms with Gasteiger partial charge in [-0.2, -0.15) is 0 Å². The van der Waals surface area contributed by atoms with Crippen LogP contribution in [0.15, 0.2) is 61.1 Å². The standard InChI is InChI=1S/C57H87N19O13/c1-72-17-19-73(20-18-72)34-11-14-38-39(21-34)65-54(64-38)30-9-12-35(13-10-30)83-29-33-27-75(70-68-33)16-6-2-5-15-74-25-31(66-69-74)7-3-4-8-32-26-76(71-67-32)28-42-52(88-56-44(63)49(81)47(79)41(24-59)85-56)50(82)57(86-42)89-53-45(77)36(60)22-37(61)51(53)87-55-43(62)48(80)46(78)40(23-58)84-55/h9-14,21,25-27,36-37,40-53,55-57,77-82H,2-8,15-20,22-24,28-29,58-63H2,1H3,(H,64,65)/t36?,37?,40?,41-,42?,43-,44?,45+,46?,47?,48-,49?,50-,51+,52-,53+,55?,56?,57?/m0/s1. The van der Waals surface area contributed by atoms with Gasteiger partial charge in [-0.25, -0.2) is 9.67 Å². The first-order valence-electron chi connectivity index (χ1n) is 30.8. The van der Waals surface area contributed by atoms with Crippen LogP contribution in [0.1, 0.15) is 55.6 Å². The van der Waals surface area contributed by atoms with Gasteiger partial charge >= 0.3 is 0 Å². The molecule has 1 saturated carbocycles. The zero-order chi connectivity index (χ0) is 62.5. The highest BCUT2D eigenvalue weighted by Gasteiger charge is 2.55. The third-order valence-electron chi connectivity index (χ3n) is 17.6. The second-order valence-electron chi connectivity index (χ2n) is 24.1. The first-order chi connectivity index (χ1) is 43.0. The fourth-order valence-corrected chi connectivity index (χ4v) is 12.1. The van der Waals surface area contributed by atoms with E-state index in [1.54, 1.807) is 6.20 Å². The monoisotopic (exact) mass is 1250 g/mol. The van der Waals surface area contributed by atoms with E-state index >= 15 is 0 Å². The lowest BCUT2D eigenvalue weighted by atomic mass is 9.84. The Balaban J connectivity index is 0.617. The third kappa shape index (κ3) is 15.2. The average molecular weight is 1250 g/mol. The number of hydrogen-bond donors (Lipinski definition) is 13. The summed E-state index contributed by atoms with van der Waals surface area (Å²) in [5.74, 6) is 1.55. The first-order valence-corrected chi connectivity index (χ1v) is 30.8. The molecule has 488 valence electrons. The predicted molar refractivity (Wildman–Crippen MR) is 317 cm³/mol.